The lowest BCUT2D eigenvalue weighted by molar-refractivity contribution is -0.149. The first-order valence-electron chi connectivity index (χ1n) is 6.21. The molecule has 1 saturated heterocycles. The molecular formula is C14H18FNO2. The van der Waals surface area contributed by atoms with Crippen molar-refractivity contribution in [3.05, 3.63) is 35.6 Å². The lowest BCUT2D eigenvalue weighted by atomic mass is 9.96. The Bertz CT molecular complexity index is 463. The van der Waals surface area contributed by atoms with Crippen molar-refractivity contribution in [3.8, 4) is 0 Å². The zero-order valence-electron chi connectivity index (χ0n) is 10.7. The van der Waals surface area contributed by atoms with Crippen LogP contribution in [0.1, 0.15) is 38.3 Å². The van der Waals surface area contributed by atoms with E-state index in [2.05, 4.69) is 0 Å². The van der Waals surface area contributed by atoms with Gasteiger partial charge in [0.25, 0.3) is 0 Å². The quantitative estimate of drug-likeness (QED) is 0.898. The second-order valence-corrected chi connectivity index (χ2v) is 5.11. The lowest BCUT2D eigenvalue weighted by Crippen LogP contribution is -2.48. The molecule has 2 rings (SSSR count). The van der Waals surface area contributed by atoms with E-state index in [9.17, 15) is 14.3 Å². The minimum Gasteiger partial charge on any atom is -0.480 e. The van der Waals surface area contributed by atoms with Gasteiger partial charge in [0.2, 0.25) is 0 Å². The summed E-state index contributed by atoms with van der Waals surface area (Å²) in [6.45, 7) is 4.42. The van der Waals surface area contributed by atoms with Gasteiger partial charge in [-0.25, -0.2) is 4.39 Å². The maximum Gasteiger partial charge on any atom is 0.323 e. The van der Waals surface area contributed by atoms with E-state index in [1.165, 1.54) is 12.1 Å². The molecule has 98 valence electrons. The van der Waals surface area contributed by atoms with Crippen molar-refractivity contribution >= 4 is 5.97 Å². The molecule has 0 saturated carbocycles. The third-order valence-electron chi connectivity index (χ3n) is 3.96. The largest absolute Gasteiger partial charge is 0.480 e. The zero-order chi connectivity index (χ0) is 13.3. The van der Waals surface area contributed by atoms with Crippen LogP contribution in [0.2, 0.25) is 0 Å². The maximum absolute atomic E-state index is 13.2. The number of benzene rings is 1. The topological polar surface area (TPSA) is 40.5 Å². The Balaban J connectivity index is 2.28. The molecule has 1 aliphatic rings. The molecule has 18 heavy (non-hydrogen) atoms. The van der Waals surface area contributed by atoms with Crippen LogP contribution in [0.15, 0.2) is 24.3 Å². The van der Waals surface area contributed by atoms with Crippen LogP contribution in [0.25, 0.3) is 0 Å². The van der Waals surface area contributed by atoms with Crippen LogP contribution in [-0.2, 0) is 4.79 Å². The van der Waals surface area contributed by atoms with Gasteiger partial charge >= 0.3 is 5.97 Å². The SMILES string of the molecule is CC(c1cccc(F)c1)N1CCCC1(C)C(=O)O. The van der Waals surface area contributed by atoms with Gasteiger partial charge in [0.15, 0.2) is 0 Å². The number of nitrogens with zero attached hydrogens (tertiary/aromatic N) is 1. The molecule has 0 aromatic heterocycles. The van der Waals surface area contributed by atoms with Gasteiger partial charge in [0.1, 0.15) is 11.4 Å². The van der Waals surface area contributed by atoms with Crippen LogP contribution in [0.5, 0.6) is 0 Å². The highest BCUT2D eigenvalue weighted by Crippen LogP contribution is 2.36. The number of aliphatic carboxylic acids is 1. The van der Waals surface area contributed by atoms with E-state index in [-0.39, 0.29) is 11.9 Å². The second kappa shape index (κ2) is 4.69. The summed E-state index contributed by atoms with van der Waals surface area (Å²) in [5.74, 6) is -1.08. The minimum absolute atomic E-state index is 0.0932. The Morgan fingerprint density at radius 2 is 2.28 bits per heavy atom. The van der Waals surface area contributed by atoms with Crippen LogP contribution in [-0.4, -0.2) is 28.1 Å². The molecule has 1 fully saturated rings. The summed E-state index contributed by atoms with van der Waals surface area (Å²) in [4.78, 5) is 13.4. The summed E-state index contributed by atoms with van der Waals surface area (Å²) >= 11 is 0. The number of carboxylic acid groups (broad SMARTS) is 1. The molecule has 3 nitrogen and oxygen atoms in total. The average Bonchev–Trinajstić information content (AvgIpc) is 2.72. The average molecular weight is 251 g/mol. The fourth-order valence-electron chi connectivity index (χ4n) is 2.78. The first-order valence-corrected chi connectivity index (χ1v) is 6.21. The van der Waals surface area contributed by atoms with Crippen LogP contribution in [0, 0.1) is 5.82 Å². The van der Waals surface area contributed by atoms with E-state index >= 15 is 0 Å². The molecule has 1 aromatic rings. The molecule has 1 N–H and O–H groups in total. The van der Waals surface area contributed by atoms with E-state index in [1.807, 2.05) is 17.9 Å². The number of carboxylic acids is 1. The van der Waals surface area contributed by atoms with Gasteiger partial charge < -0.3 is 5.11 Å². The second-order valence-electron chi connectivity index (χ2n) is 5.11. The fourth-order valence-corrected chi connectivity index (χ4v) is 2.78. The number of hydrogen-bond donors (Lipinski definition) is 1. The number of likely N-dealkylation sites (tertiary alicyclic amines) is 1. The molecule has 0 spiro atoms. The fraction of sp³-hybridized carbons (Fsp3) is 0.500. The molecule has 1 aliphatic heterocycles. The molecular weight excluding hydrogens is 233 g/mol. The molecule has 1 aromatic carbocycles. The predicted octanol–water partition coefficient (Wildman–Crippen LogP) is 2.83. The van der Waals surface area contributed by atoms with Crippen molar-refractivity contribution in [2.24, 2.45) is 0 Å². The highest BCUT2D eigenvalue weighted by molar-refractivity contribution is 5.78. The monoisotopic (exact) mass is 251 g/mol. The standard InChI is InChI=1S/C14H18FNO2/c1-10(11-5-3-6-12(15)9-11)16-8-4-7-14(16,2)13(17)18/h3,5-6,9-10H,4,7-8H2,1-2H3,(H,17,18). The smallest absolute Gasteiger partial charge is 0.323 e. The highest BCUT2D eigenvalue weighted by atomic mass is 19.1. The molecule has 0 amide bonds. The van der Waals surface area contributed by atoms with E-state index < -0.39 is 11.5 Å². The van der Waals surface area contributed by atoms with E-state index in [4.69, 9.17) is 0 Å². The van der Waals surface area contributed by atoms with E-state index in [0.717, 1.165) is 18.5 Å². The summed E-state index contributed by atoms with van der Waals surface area (Å²) in [6, 6.07) is 6.29. The van der Waals surface area contributed by atoms with Gasteiger partial charge in [-0.15, -0.1) is 0 Å². The van der Waals surface area contributed by atoms with Gasteiger partial charge in [-0.2, -0.15) is 0 Å². The zero-order valence-corrected chi connectivity index (χ0v) is 10.7. The number of carbonyl (C=O) groups is 1. The lowest BCUT2D eigenvalue weighted by Gasteiger charge is -2.36. The molecule has 0 bridgehead atoms. The maximum atomic E-state index is 13.2. The van der Waals surface area contributed by atoms with Gasteiger partial charge in [-0.05, 0) is 50.9 Å². The Kier molecular flexibility index (Phi) is 3.39. The Morgan fingerprint density at radius 3 is 2.89 bits per heavy atom. The normalized spacial score (nSPS) is 26.2. The summed E-state index contributed by atoms with van der Waals surface area (Å²) < 4.78 is 13.2. The predicted molar refractivity (Wildman–Crippen MR) is 66.8 cm³/mol. The van der Waals surface area contributed by atoms with E-state index in [0.29, 0.717) is 6.42 Å². The van der Waals surface area contributed by atoms with Crippen molar-refractivity contribution in [1.82, 2.24) is 4.90 Å². The van der Waals surface area contributed by atoms with Crippen molar-refractivity contribution in [2.45, 2.75) is 38.3 Å². The third-order valence-corrected chi connectivity index (χ3v) is 3.96. The van der Waals surface area contributed by atoms with Crippen LogP contribution >= 0.6 is 0 Å². The highest BCUT2D eigenvalue weighted by Gasteiger charge is 2.45. The Hall–Kier alpha value is -1.42. The first-order chi connectivity index (χ1) is 8.45. The molecule has 2 atom stereocenters. The van der Waals surface area contributed by atoms with Crippen molar-refractivity contribution in [1.29, 1.82) is 0 Å². The van der Waals surface area contributed by atoms with Gasteiger partial charge in [-0.1, -0.05) is 12.1 Å². The van der Waals surface area contributed by atoms with E-state index in [1.54, 1.807) is 13.0 Å². The summed E-state index contributed by atoms with van der Waals surface area (Å²) in [5, 5.41) is 9.38. The molecule has 2 unspecified atom stereocenters. The third kappa shape index (κ3) is 2.12. The summed E-state index contributed by atoms with van der Waals surface area (Å²) in [7, 11) is 0. The molecule has 1 heterocycles. The molecule has 0 aliphatic carbocycles. The minimum atomic E-state index is -0.842. The molecule has 0 radical (unpaired) electrons. The molecule has 4 heteroatoms. The summed E-state index contributed by atoms with van der Waals surface area (Å²) in [6.07, 6.45) is 1.50. The van der Waals surface area contributed by atoms with Gasteiger partial charge in [0.05, 0.1) is 0 Å². The number of hydrogen-bond acceptors (Lipinski definition) is 2. The Morgan fingerprint density at radius 1 is 1.56 bits per heavy atom. The van der Waals surface area contributed by atoms with Crippen molar-refractivity contribution in [2.75, 3.05) is 6.54 Å². The van der Waals surface area contributed by atoms with Gasteiger partial charge in [-0.3, -0.25) is 9.69 Å². The van der Waals surface area contributed by atoms with Crippen LogP contribution in [0.4, 0.5) is 4.39 Å². The van der Waals surface area contributed by atoms with Crippen molar-refractivity contribution in [3.63, 3.8) is 0 Å². The summed E-state index contributed by atoms with van der Waals surface area (Å²) in [5.41, 5.74) is -0.0180. The van der Waals surface area contributed by atoms with Crippen LogP contribution < -0.4 is 0 Å². The number of halogens is 1. The first kappa shape index (κ1) is 13.0. The van der Waals surface area contributed by atoms with Crippen LogP contribution in [0.3, 0.4) is 0 Å². The van der Waals surface area contributed by atoms with Gasteiger partial charge in [0, 0.05) is 6.04 Å². The van der Waals surface area contributed by atoms with Crippen molar-refractivity contribution < 1.29 is 14.3 Å². The Labute approximate surface area is 106 Å². The number of rotatable bonds is 3.